The maximum Gasteiger partial charge on any atom is 0.143 e. The van der Waals surface area contributed by atoms with Crippen molar-refractivity contribution in [2.45, 2.75) is 32.1 Å². The summed E-state index contributed by atoms with van der Waals surface area (Å²) in [6.07, 6.45) is 1.76. The summed E-state index contributed by atoms with van der Waals surface area (Å²) in [5, 5.41) is 0. The lowest BCUT2D eigenvalue weighted by Gasteiger charge is -2.36. The van der Waals surface area contributed by atoms with Crippen molar-refractivity contribution in [1.82, 2.24) is 0 Å². The average molecular weight is 174 g/mol. The summed E-state index contributed by atoms with van der Waals surface area (Å²) >= 11 is 0. The SMILES string of the molecule is Cc1ccc(C2(C)CCC2=O)cc1. The molecule has 0 heterocycles. The molecule has 1 unspecified atom stereocenters. The van der Waals surface area contributed by atoms with Crippen LogP contribution >= 0.6 is 0 Å². The van der Waals surface area contributed by atoms with Crippen LogP contribution in [0.4, 0.5) is 0 Å². The lowest BCUT2D eigenvalue weighted by Crippen LogP contribution is -2.41. The third-order valence-electron chi connectivity index (χ3n) is 3.16. The number of carbonyl (C=O) groups is 1. The molecule has 1 fully saturated rings. The Balaban J connectivity index is 2.35. The van der Waals surface area contributed by atoms with E-state index in [0.717, 1.165) is 12.8 Å². The summed E-state index contributed by atoms with van der Waals surface area (Å²) in [5.74, 6) is 0.386. The molecule has 0 aliphatic heterocycles. The molecule has 1 nitrogen and oxygen atoms in total. The molecule has 0 N–H and O–H groups in total. The predicted molar refractivity (Wildman–Crippen MR) is 52.8 cm³/mol. The maximum atomic E-state index is 11.4. The summed E-state index contributed by atoms with van der Waals surface area (Å²) in [5.41, 5.74) is 2.25. The van der Waals surface area contributed by atoms with Gasteiger partial charge in [-0.25, -0.2) is 0 Å². The van der Waals surface area contributed by atoms with Gasteiger partial charge in [-0.15, -0.1) is 0 Å². The monoisotopic (exact) mass is 174 g/mol. The number of aryl methyl sites for hydroxylation is 1. The first kappa shape index (κ1) is 8.49. The van der Waals surface area contributed by atoms with Crippen molar-refractivity contribution in [3.8, 4) is 0 Å². The van der Waals surface area contributed by atoms with Gasteiger partial charge >= 0.3 is 0 Å². The van der Waals surface area contributed by atoms with Crippen molar-refractivity contribution in [3.05, 3.63) is 35.4 Å². The zero-order valence-corrected chi connectivity index (χ0v) is 8.13. The molecular formula is C12H14O. The summed E-state index contributed by atoms with van der Waals surface area (Å²) in [4.78, 5) is 11.4. The van der Waals surface area contributed by atoms with E-state index in [1.807, 2.05) is 6.92 Å². The Morgan fingerprint density at radius 1 is 1.23 bits per heavy atom. The van der Waals surface area contributed by atoms with Gasteiger partial charge < -0.3 is 0 Å². The van der Waals surface area contributed by atoms with Crippen LogP contribution in [-0.2, 0) is 10.2 Å². The van der Waals surface area contributed by atoms with Crippen LogP contribution < -0.4 is 0 Å². The van der Waals surface area contributed by atoms with E-state index in [0.29, 0.717) is 5.78 Å². The van der Waals surface area contributed by atoms with Gasteiger partial charge in [-0.2, -0.15) is 0 Å². The quantitative estimate of drug-likeness (QED) is 0.639. The molecule has 0 amide bonds. The number of hydrogen-bond acceptors (Lipinski definition) is 1. The van der Waals surface area contributed by atoms with Crippen molar-refractivity contribution in [2.75, 3.05) is 0 Å². The highest BCUT2D eigenvalue weighted by molar-refractivity contribution is 5.95. The molecule has 1 aliphatic carbocycles. The van der Waals surface area contributed by atoms with Crippen molar-refractivity contribution in [2.24, 2.45) is 0 Å². The van der Waals surface area contributed by atoms with E-state index in [-0.39, 0.29) is 5.41 Å². The van der Waals surface area contributed by atoms with Crippen molar-refractivity contribution in [3.63, 3.8) is 0 Å². The first-order valence-corrected chi connectivity index (χ1v) is 4.73. The van der Waals surface area contributed by atoms with E-state index in [1.165, 1.54) is 11.1 Å². The van der Waals surface area contributed by atoms with Crippen LogP contribution in [0, 0.1) is 6.92 Å². The van der Waals surface area contributed by atoms with Crippen LogP contribution in [0.1, 0.15) is 30.9 Å². The molecule has 1 aliphatic rings. The van der Waals surface area contributed by atoms with Gasteiger partial charge in [0.15, 0.2) is 0 Å². The largest absolute Gasteiger partial charge is 0.299 e. The molecule has 1 saturated carbocycles. The smallest absolute Gasteiger partial charge is 0.143 e. The number of hydrogen-bond donors (Lipinski definition) is 0. The Morgan fingerprint density at radius 3 is 2.23 bits per heavy atom. The van der Waals surface area contributed by atoms with Gasteiger partial charge in [0.1, 0.15) is 5.78 Å². The van der Waals surface area contributed by atoms with Crippen molar-refractivity contribution in [1.29, 1.82) is 0 Å². The molecule has 0 spiro atoms. The molecule has 1 heteroatoms. The number of ketones is 1. The molecule has 1 aromatic rings. The number of benzene rings is 1. The summed E-state index contributed by atoms with van der Waals surface area (Å²) in [6.45, 7) is 4.11. The van der Waals surface area contributed by atoms with Gasteiger partial charge in [-0.1, -0.05) is 29.8 Å². The van der Waals surface area contributed by atoms with Crippen LogP contribution in [-0.4, -0.2) is 5.78 Å². The van der Waals surface area contributed by atoms with Crippen LogP contribution in [0.2, 0.25) is 0 Å². The Labute approximate surface area is 78.8 Å². The number of carbonyl (C=O) groups excluding carboxylic acids is 1. The first-order valence-electron chi connectivity index (χ1n) is 4.73. The zero-order chi connectivity index (χ0) is 9.47. The fraction of sp³-hybridized carbons (Fsp3) is 0.417. The third-order valence-corrected chi connectivity index (χ3v) is 3.16. The topological polar surface area (TPSA) is 17.1 Å². The number of rotatable bonds is 1. The van der Waals surface area contributed by atoms with E-state index < -0.39 is 0 Å². The number of Topliss-reactive ketones (excluding diaryl/α,β-unsaturated/α-hetero) is 1. The van der Waals surface area contributed by atoms with E-state index in [4.69, 9.17) is 0 Å². The van der Waals surface area contributed by atoms with Crippen LogP contribution in [0.3, 0.4) is 0 Å². The fourth-order valence-electron chi connectivity index (χ4n) is 1.83. The van der Waals surface area contributed by atoms with Gasteiger partial charge in [0, 0.05) is 6.42 Å². The van der Waals surface area contributed by atoms with Gasteiger partial charge in [0.05, 0.1) is 5.41 Å². The van der Waals surface area contributed by atoms with Gasteiger partial charge in [0.25, 0.3) is 0 Å². The van der Waals surface area contributed by atoms with E-state index in [9.17, 15) is 4.79 Å². The molecule has 0 bridgehead atoms. The second-order valence-corrected chi connectivity index (χ2v) is 4.12. The highest BCUT2D eigenvalue weighted by Crippen LogP contribution is 2.39. The second-order valence-electron chi connectivity index (χ2n) is 4.12. The van der Waals surface area contributed by atoms with Crippen molar-refractivity contribution >= 4 is 5.78 Å². The zero-order valence-electron chi connectivity index (χ0n) is 8.13. The lowest BCUT2D eigenvalue weighted by atomic mass is 9.65. The molecule has 1 atom stereocenters. The molecule has 1 aromatic carbocycles. The van der Waals surface area contributed by atoms with Crippen molar-refractivity contribution < 1.29 is 4.79 Å². The second kappa shape index (κ2) is 2.69. The van der Waals surface area contributed by atoms with Gasteiger partial charge in [-0.3, -0.25) is 4.79 Å². The molecular weight excluding hydrogens is 160 g/mol. The van der Waals surface area contributed by atoms with Crippen LogP contribution in [0.15, 0.2) is 24.3 Å². The highest BCUT2D eigenvalue weighted by Gasteiger charge is 2.42. The van der Waals surface area contributed by atoms with E-state index in [1.54, 1.807) is 0 Å². The standard InChI is InChI=1S/C12H14O/c1-9-3-5-10(6-4-9)12(2)8-7-11(12)13/h3-6H,7-8H2,1-2H3. The predicted octanol–water partition coefficient (Wildman–Crippen LogP) is 2.62. The maximum absolute atomic E-state index is 11.4. The molecule has 2 rings (SSSR count). The minimum Gasteiger partial charge on any atom is -0.299 e. The van der Waals surface area contributed by atoms with Crippen LogP contribution in [0.25, 0.3) is 0 Å². The minimum absolute atomic E-state index is 0.173. The van der Waals surface area contributed by atoms with E-state index >= 15 is 0 Å². The normalized spacial score (nSPS) is 27.1. The Bertz CT molecular complexity index is 337. The highest BCUT2D eigenvalue weighted by atomic mass is 16.1. The van der Waals surface area contributed by atoms with E-state index in [2.05, 4.69) is 31.2 Å². The summed E-state index contributed by atoms with van der Waals surface area (Å²) in [7, 11) is 0. The lowest BCUT2D eigenvalue weighted by molar-refractivity contribution is -0.130. The molecule has 0 aromatic heterocycles. The molecule has 0 radical (unpaired) electrons. The Kier molecular flexibility index (Phi) is 1.76. The average Bonchev–Trinajstić information content (AvgIpc) is 2.15. The molecule has 68 valence electrons. The third kappa shape index (κ3) is 1.19. The minimum atomic E-state index is -0.173. The Morgan fingerprint density at radius 2 is 1.85 bits per heavy atom. The molecule has 13 heavy (non-hydrogen) atoms. The van der Waals surface area contributed by atoms with Gasteiger partial charge in [-0.05, 0) is 25.8 Å². The fourth-order valence-corrected chi connectivity index (χ4v) is 1.83. The Hall–Kier alpha value is -1.11. The first-order chi connectivity index (χ1) is 6.13. The van der Waals surface area contributed by atoms with Crippen LogP contribution in [0.5, 0.6) is 0 Å². The summed E-state index contributed by atoms with van der Waals surface area (Å²) < 4.78 is 0. The summed E-state index contributed by atoms with van der Waals surface area (Å²) in [6, 6.07) is 8.30. The van der Waals surface area contributed by atoms with Gasteiger partial charge in [0.2, 0.25) is 0 Å². The molecule has 0 saturated heterocycles.